The summed E-state index contributed by atoms with van der Waals surface area (Å²) >= 11 is 1.87. The lowest BCUT2D eigenvalue weighted by molar-refractivity contribution is 1.12. The van der Waals surface area contributed by atoms with Crippen molar-refractivity contribution in [3.8, 4) is 45.0 Å². The van der Waals surface area contributed by atoms with E-state index < -0.39 is 0 Å². The first-order valence-electron chi connectivity index (χ1n) is 17.9. The van der Waals surface area contributed by atoms with E-state index in [9.17, 15) is 0 Å². The van der Waals surface area contributed by atoms with Crippen molar-refractivity contribution in [3.63, 3.8) is 0 Å². The second-order valence-electron chi connectivity index (χ2n) is 13.7. The van der Waals surface area contributed by atoms with E-state index in [4.69, 9.17) is 4.98 Å². The standard InChI is InChI=1S/C49H31N3S/c1-4-13-32(14-5-1)36-27-43(33-15-6-2-7-16-33)50-44(28-36)34-17-12-20-38(25-34)52-46-30-45-35(23-24-51(45)37-18-8-3-9-19-37)26-40(46)41-29-42-39-21-10-11-22-48(39)53-49(42)31-47(41)52/h1-31H. The number of hydrogen-bond donors (Lipinski definition) is 0. The van der Waals surface area contributed by atoms with Gasteiger partial charge in [0, 0.05) is 65.0 Å². The van der Waals surface area contributed by atoms with Crippen molar-refractivity contribution in [2.75, 3.05) is 0 Å². The smallest absolute Gasteiger partial charge is 0.0716 e. The molecule has 0 saturated carbocycles. The first kappa shape index (κ1) is 29.9. The minimum absolute atomic E-state index is 0.945. The molecule has 0 atom stereocenters. The Morgan fingerprint density at radius 3 is 1.83 bits per heavy atom. The van der Waals surface area contributed by atoms with E-state index in [-0.39, 0.29) is 0 Å². The fraction of sp³-hybridized carbons (Fsp3) is 0. The molecule has 248 valence electrons. The molecule has 11 rings (SSSR count). The molecule has 7 aromatic carbocycles. The van der Waals surface area contributed by atoms with Crippen molar-refractivity contribution in [1.82, 2.24) is 14.1 Å². The second kappa shape index (κ2) is 11.9. The highest BCUT2D eigenvalue weighted by molar-refractivity contribution is 7.25. The third-order valence-electron chi connectivity index (χ3n) is 10.5. The Morgan fingerprint density at radius 2 is 1.02 bits per heavy atom. The third kappa shape index (κ3) is 4.91. The zero-order valence-corrected chi connectivity index (χ0v) is 29.5. The largest absolute Gasteiger partial charge is 0.316 e. The summed E-state index contributed by atoms with van der Waals surface area (Å²) in [7, 11) is 0. The fourth-order valence-corrected chi connectivity index (χ4v) is 9.11. The maximum Gasteiger partial charge on any atom is 0.0716 e. The average Bonchev–Trinajstić information content (AvgIpc) is 3.91. The lowest BCUT2D eigenvalue weighted by atomic mass is 10.00. The normalized spacial score (nSPS) is 11.8. The Bertz CT molecular complexity index is 3090. The van der Waals surface area contributed by atoms with Crippen molar-refractivity contribution in [2.24, 2.45) is 0 Å². The van der Waals surface area contributed by atoms with Gasteiger partial charge in [0.15, 0.2) is 0 Å². The van der Waals surface area contributed by atoms with Crippen LogP contribution in [0.3, 0.4) is 0 Å². The van der Waals surface area contributed by atoms with Gasteiger partial charge in [0.05, 0.1) is 27.9 Å². The molecule has 11 aromatic rings. The SMILES string of the molecule is c1ccc(-c2cc(-c3ccccc3)nc(-c3cccc(-n4c5cc6sc7ccccc7c6cc5c5cc6ccn(-c7ccccc7)c6cc54)c3)c2)cc1. The maximum absolute atomic E-state index is 5.28. The lowest BCUT2D eigenvalue weighted by Gasteiger charge is -2.13. The van der Waals surface area contributed by atoms with E-state index >= 15 is 0 Å². The maximum atomic E-state index is 5.28. The van der Waals surface area contributed by atoms with Crippen LogP contribution in [0.25, 0.3) is 97.9 Å². The molecule has 0 bridgehead atoms. The molecule has 0 saturated heterocycles. The molecule has 53 heavy (non-hydrogen) atoms. The summed E-state index contributed by atoms with van der Waals surface area (Å²) in [6.45, 7) is 0. The number of nitrogens with zero attached hydrogens (tertiary/aromatic N) is 3. The average molecular weight is 694 g/mol. The number of fused-ring (bicyclic) bond motifs is 7. The molecule has 0 radical (unpaired) electrons. The van der Waals surface area contributed by atoms with Gasteiger partial charge in [-0.05, 0) is 83.9 Å². The zero-order valence-electron chi connectivity index (χ0n) is 28.6. The first-order chi connectivity index (χ1) is 26.2. The van der Waals surface area contributed by atoms with E-state index in [1.54, 1.807) is 0 Å². The van der Waals surface area contributed by atoms with Gasteiger partial charge in [-0.3, -0.25) is 0 Å². The highest BCUT2D eigenvalue weighted by Crippen LogP contribution is 2.42. The van der Waals surface area contributed by atoms with Crippen LogP contribution in [0.2, 0.25) is 0 Å². The Labute approximate surface area is 310 Å². The van der Waals surface area contributed by atoms with Gasteiger partial charge in [-0.25, -0.2) is 4.98 Å². The minimum atomic E-state index is 0.945. The molecule has 3 nitrogen and oxygen atoms in total. The number of thiophene rings is 1. The van der Waals surface area contributed by atoms with Crippen LogP contribution in [0.5, 0.6) is 0 Å². The number of aromatic nitrogens is 3. The molecule has 0 amide bonds. The van der Waals surface area contributed by atoms with Crippen LogP contribution < -0.4 is 0 Å². The van der Waals surface area contributed by atoms with Gasteiger partial charge < -0.3 is 9.13 Å². The van der Waals surface area contributed by atoms with Crippen LogP contribution in [0, 0.1) is 0 Å². The second-order valence-corrected chi connectivity index (χ2v) is 14.7. The zero-order chi connectivity index (χ0) is 34.9. The van der Waals surface area contributed by atoms with Gasteiger partial charge in [0.2, 0.25) is 0 Å². The number of pyridine rings is 1. The van der Waals surface area contributed by atoms with Crippen LogP contribution >= 0.6 is 11.3 Å². The van der Waals surface area contributed by atoms with Gasteiger partial charge in [0.25, 0.3) is 0 Å². The number of hydrogen-bond acceptors (Lipinski definition) is 2. The van der Waals surface area contributed by atoms with Crippen LogP contribution in [-0.2, 0) is 0 Å². The van der Waals surface area contributed by atoms with Crippen molar-refractivity contribution in [1.29, 1.82) is 0 Å². The predicted octanol–water partition coefficient (Wildman–Crippen LogP) is 13.5. The van der Waals surface area contributed by atoms with Crippen LogP contribution in [0.4, 0.5) is 0 Å². The molecular formula is C49H31N3S. The summed E-state index contributed by atoms with van der Waals surface area (Å²) in [4.78, 5) is 5.28. The number of benzene rings is 7. The van der Waals surface area contributed by atoms with Crippen molar-refractivity contribution in [2.45, 2.75) is 0 Å². The predicted molar refractivity (Wildman–Crippen MR) is 225 cm³/mol. The Balaban J connectivity index is 1.17. The summed E-state index contributed by atoms with van der Waals surface area (Å²) in [5.41, 5.74) is 12.2. The Hall–Kier alpha value is -6.75. The van der Waals surface area contributed by atoms with Gasteiger partial charge in [-0.1, -0.05) is 109 Å². The summed E-state index contributed by atoms with van der Waals surface area (Å²) < 4.78 is 7.36. The van der Waals surface area contributed by atoms with Crippen molar-refractivity contribution < 1.29 is 0 Å². The molecule has 0 aliphatic heterocycles. The van der Waals surface area contributed by atoms with E-state index in [0.29, 0.717) is 0 Å². The molecule has 0 N–H and O–H groups in total. The van der Waals surface area contributed by atoms with Crippen LogP contribution in [0.1, 0.15) is 0 Å². The third-order valence-corrected chi connectivity index (χ3v) is 11.6. The van der Waals surface area contributed by atoms with E-state index in [1.807, 2.05) is 11.3 Å². The monoisotopic (exact) mass is 693 g/mol. The minimum Gasteiger partial charge on any atom is -0.316 e. The van der Waals surface area contributed by atoms with Gasteiger partial charge in [-0.2, -0.15) is 0 Å². The molecule has 0 aliphatic rings. The summed E-state index contributed by atoms with van der Waals surface area (Å²) in [5, 5.41) is 6.35. The lowest BCUT2D eigenvalue weighted by Crippen LogP contribution is -1.96. The quantitative estimate of drug-likeness (QED) is 0.176. The topological polar surface area (TPSA) is 22.8 Å². The van der Waals surface area contributed by atoms with E-state index in [1.165, 1.54) is 58.4 Å². The van der Waals surface area contributed by atoms with Crippen LogP contribution in [0.15, 0.2) is 188 Å². The Kier molecular flexibility index (Phi) is 6.73. The fourth-order valence-electron chi connectivity index (χ4n) is 7.99. The Morgan fingerprint density at radius 1 is 0.377 bits per heavy atom. The highest BCUT2D eigenvalue weighted by Gasteiger charge is 2.19. The van der Waals surface area contributed by atoms with Gasteiger partial charge in [-0.15, -0.1) is 11.3 Å². The highest BCUT2D eigenvalue weighted by atomic mass is 32.1. The molecular weight excluding hydrogens is 663 g/mol. The van der Waals surface area contributed by atoms with Crippen molar-refractivity contribution in [3.05, 3.63) is 188 Å². The van der Waals surface area contributed by atoms with E-state index in [0.717, 1.165) is 39.5 Å². The van der Waals surface area contributed by atoms with Gasteiger partial charge >= 0.3 is 0 Å². The van der Waals surface area contributed by atoms with E-state index in [2.05, 4.69) is 197 Å². The van der Waals surface area contributed by atoms with Crippen molar-refractivity contribution >= 4 is 64.2 Å². The first-order valence-corrected chi connectivity index (χ1v) is 18.8. The molecule has 0 unspecified atom stereocenters. The molecule has 4 aromatic heterocycles. The number of para-hydroxylation sites is 1. The molecule has 0 spiro atoms. The van der Waals surface area contributed by atoms with Gasteiger partial charge in [0.1, 0.15) is 0 Å². The summed E-state index contributed by atoms with van der Waals surface area (Å²) in [5.74, 6) is 0. The number of rotatable bonds is 5. The summed E-state index contributed by atoms with van der Waals surface area (Å²) in [6, 6.07) is 65.6. The molecule has 4 heterocycles. The molecule has 0 aliphatic carbocycles. The summed E-state index contributed by atoms with van der Waals surface area (Å²) in [6.07, 6.45) is 2.19. The molecule has 0 fully saturated rings. The molecule has 4 heteroatoms. The van der Waals surface area contributed by atoms with Crippen LogP contribution in [-0.4, -0.2) is 14.1 Å².